The van der Waals surface area contributed by atoms with E-state index in [-0.39, 0.29) is 0 Å². The van der Waals surface area contributed by atoms with Crippen molar-refractivity contribution >= 4 is 5.82 Å². The fraction of sp³-hybridized carbons (Fsp3) is 0.643. The first-order chi connectivity index (χ1) is 8.28. The molecule has 1 aromatic heterocycles. The summed E-state index contributed by atoms with van der Waals surface area (Å²) in [6.45, 7) is 8.80. The van der Waals surface area contributed by atoms with Crippen LogP contribution in [0.1, 0.15) is 32.4 Å². The third-order valence-corrected chi connectivity index (χ3v) is 3.43. The van der Waals surface area contributed by atoms with E-state index in [0.29, 0.717) is 0 Å². The van der Waals surface area contributed by atoms with Gasteiger partial charge in [-0.15, -0.1) is 0 Å². The highest BCUT2D eigenvalue weighted by Crippen LogP contribution is 2.17. The number of nitrogens with zero attached hydrogens (tertiary/aromatic N) is 2. The van der Waals surface area contributed by atoms with E-state index in [0.717, 1.165) is 24.8 Å². The highest BCUT2D eigenvalue weighted by molar-refractivity contribution is 5.34. The van der Waals surface area contributed by atoms with E-state index in [9.17, 15) is 0 Å². The fourth-order valence-electron chi connectivity index (χ4n) is 2.30. The molecule has 1 aromatic rings. The van der Waals surface area contributed by atoms with Gasteiger partial charge in [-0.3, -0.25) is 4.90 Å². The maximum atomic E-state index is 4.62. The Morgan fingerprint density at radius 2 is 2.12 bits per heavy atom. The van der Waals surface area contributed by atoms with Gasteiger partial charge < -0.3 is 5.32 Å². The van der Waals surface area contributed by atoms with Crippen molar-refractivity contribution in [3.63, 3.8) is 0 Å². The molecule has 17 heavy (non-hydrogen) atoms. The predicted octanol–water partition coefficient (Wildman–Crippen LogP) is 2.75. The topological polar surface area (TPSA) is 28.2 Å². The molecule has 0 aromatic carbocycles. The number of hydrogen-bond acceptors (Lipinski definition) is 3. The normalized spacial score (nSPS) is 18.2. The van der Waals surface area contributed by atoms with Crippen molar-refractivity contribution in [2.75, 3.05) is 25.0 Å². The molecule has 0 saturated carbocycles. The Hall–Kier alpha value is -1.09. The molecule has 0 aliphatic carbocycles. The molecular formula is C14H23N3. The zero-order valence-electron chi connectivity index (χ0n) is 10.9. The summed E-state index contributed by atoms with van der Waals surface area (Å²) >= 11 is 0. The van der Waals surface area contributed by atoms with Gasteiger partial charge in [-0.05, 0) is 50.9 Å². The average molecular weight is 233 g/mol. The number of aromatic nitrogens is 1. The van der Waals surface area contributed by atoms with Gasteiger partial charge in [0.15, 0.2) is 0 Å². The van der Waals surface area contributed by atoms with Gasteiger partial charge in [0.1, 0.15) is 5.82 Å². The van der Waals surface area contributed by atoms with Crippen molar-refractivity contribution in [3.05, 3.63) is 23.9 Å². The molecule has 2 rings (SSSR count). The molecule has 0 unspecified atom stereocenters. The molecule has 3 heteroatoms. The first kappa shape index (κ1) is 12.4. The maximum absolute atomic E-state index is 4.62. The number of rotatable bonds is 4. The van der Waals surface area contributed by atoms with Gasteiger partial charge in [0.2, 0.25) is 0 Å². The molecule has 0 atom stereocenters. The summed E-state index contributed by atoms with van der Waals surface area (Å²) in [4.78, 5) is 7.13. The largest absolute Gasteiger partial charge is 0.370 e. The number of anilines is 1. The molecule has 0 spiro atoms. The first-order valence-corrected chi connectivity index (χ1v) is 6.70. The van der Waals surface area contributed by atoms with E-state index in [4.69, 9.17) is 0 Å². The number of piperidine rings is 1. The van der Waals surface area contributed by atoms with Crippen molar-refractivity contribution in [2.45, 2.75) is 33.2 Å². The summed E-state index contributed by atoms with van der Waals surface area (Å²) in [5.74, 6) is 1.89. The molecule has 3 nitrogen and oxygen atoms in total. The Balaban J connectivity index is 1.91. The number of hydrogen-bond donors (Lipinski definition) is 1. The lowest BCUT2D eigenvalue weighted by molar-refractivity contribution is 0.183. The molecule has 0 bridgehead atoms. The van der Waals surface area contributed by atoms with Crippen LogP contribution in [-0.4, -0.2) is 29.5 Å². The van der Waals surface area contributed by atoms with Crippen LogP contribution in [-0.2, 0) is 6.54 Å². The highest BCUT2D eigenvalue weighted by Gasteiger charge is 2.15. The van der Waals surface area contributed by atoms with Crippen molar-refractivity contribution < 1.29 is 0 Å². The summed E-state index contributed by atoms with van der Waals surface area (Å²) in [6, 6.07) is 6.25. The van der Waals surface area contributed by atoms with Gasteiger partial charge in [-0.25, -0.2) is 4.98 Å². The molecule has 1 N–H and O–H groups in total. The smallest absolute Gasteiger partial charge is 0.126 e. The van der Waals surface area contributed by atoms with Crippen LogP contribution in [0.2, 0.25) is 0 Å². The minimum Gasteiger partial charge on any atom is -0.370 e. The minimum atomic E-state index is 0.896. The molecular weight excluding hydrogens is 210 g/mol. The second-order valence-corrected chi connectivity index (χ2v) is 5.00. The Bertz CT molecular complexity index is 343. The molecule has 0 amide bonds. The molecule has 1 fully saturated rings. The molecule has 94 valence electrons. The average Bonchev–Trinajstić information content (AvgIpc) is 2.33. The van der Waals surface area contributed by atoms with Crippen LogP contribution < -0.4 is 5.32 Å². The van der Waals surface area contributed by atoms with Gasteiger partial charge in [-0.2, -0.15) is 0 Å². The van der Waals surface area contributed by atoms with Crippen LogP contribution in [0.5, 0.6) is 0 Å². The Morgan fingerprint density at radius 3 is 2.82 bits per heavy atom. The predicted molar refractivity (Wildman–Crippen MR) is 72.1 cm³/mol. The number of pyridine rings is 1. The van der Waals surface area contributed by atoms with Crippen LogP contribution in [0.25, 0.3) is 0 Å². The second-order valence-electron chi connectivity index (χ2n) is 5.00. The third-order valence-electron chi connectivity index (χ3n) is 3.43. The Morgan fingerprint density at radius 1 is 1.35 bits per heavy atom. The van der Waals surface area contributed by atoms with Crippen molar-refractivity contribution in [1.29, 1.82) is 0 Å². The van der Waals surface area contributed by atoms with Crippen LogP contribution in [0.15, 0.2) is 18.2 Å². The Kier molecular flexibility index (Phi) is 4.37. The summed E-state index contributed by atoms with van der Waals surface area (Å²) in [5.41, 5.74) is 1.18. The lowest BCUT2D eigenvalue weighted by Gasteiger charge is -2.29. The summed E-state index contributed by atoms with van der Waals surface area (Å²) in [7, 11) is 0. The van der Waals surface area contributed by atoms with Gasteiger partial charge in [0.25, 0.3) is 0 Å². The summed E-state index contributed by atoms with van der Waals surface area (Å²) in [6.07, 6.45) is 2.65. The van der Waals surface area contributed by atoms with E-state index < -0.39 is 0 Å². The minimum absolute atomic E-state index is 0.896. The number of likely N-dealkylation sites (tertiary alicyclic amines) is 1. The first-order valence-electron chi connectivity index (χ1n) is 6.70. The van der Waals surface area contributed by atoms with Gasteiger partial charge >= 0.3 is 0 Å². The monoisotopic (exact) mass is 233 g/mol. The van der Waals surface area contributed by atoms with Crippen molar-refractivity contribution in [3.8, 4) is 0 Å². The van der Waals surface area contributed by atoms with Gasteiger partial charge in [-0.1, -0.05) is 13.0 Å². The molecule has 0 radical (unpaired) electrons. The molecule has 1 aliphatic rings. The lowest BCUT2D eigenvalue weighted by atomic mass is 9.99. The fourth-order valence-corrected chi connectivity index (χ4v) is 2.30. The standard InChI is InChI=1S/C14H23N3/c1-3-15-14-6-4-5-13(16-14)11-17-9-7-12(2)8-10-17/h4-6,12H,3,7-11H2,1-2H3,(H,15,16). The van der Waals surface area contributed by atoms with Crippen LogP contribution >= 0.6 is 0 Å². The van der Waals surface area contributed by atoms with E-state index in [1.54, 1.807) is 0 Å². The zero-order valence-corrected chi connectivity index (χ0v) is 10.9. The van der Waals surface area contributed by atoms with Crippen molar-refractivity contribution in [1.82, 2.24) is 9.88 Å². The second kappa shape index (κ2) is 6.01. The summed E-state index contributed by atoms with van der Waals surface area (Å²) in [5, 5.41) is 3.26. The van der Waals surface area contributed by atoms with E-state index in [1.807, 2.05) is 6.07 Å². The molecule has 1 saturated heterocycles. The summed E-state index contributed by atoms with van der Waals surface area (Å²) < 4.78 is 0. The van der Waals surface area contributed by atoms with E-state index >= 15 is 0 Å². The maximum Gasteiger partial charge on any atom is 0.126 e. The highest BCUT2D eigenvalue weighted by atomic mass is 15.1. The van der Waals surface area contributed by atoms with Crippen LogP contribution in [0.4, 0.5) is 5.82 Å². The Labute approximate surface area is 104 Å². The van der Waals surface area contributed by atoms with Crippen LogP contribution in [0, 0.1) is 5.92 Å². The quantitative estimate of drug-likeness (QED) is 0.866. The van der Waals surface area contributed by atoms with Gasteiger partial charge in [0.05, 0.1) is 5.69 Å². The molecule has 1 aliphatic heterocycles. The number of nitrogens with one attached hydrogen (secondary N) is 1. The molecule has 2 heterocycles. The SMILES string of the molecule is CCNc1cccc(CN2CCC(C)CC2)n1. The lowest BCUT2D eigenvalue weighted by Crippen LogP contribution is -2.32. The van der Waals surface area contributed by atoms with Crippen LogP contribution in [0.3, 0.4) is 0 Å². The van der Waals surface area contributed by atoms with Crippen molar-refractivity contribution in [2.24, 2.45) is 5.92 Å². The zero-order chi connectivity index (χ0) is 12.1. The van der Waals surface area contributed by atoms with Gasteiger partial charge in [0, 0.05) is 13.1 Å². The van der Waals surface area contributed by atoms with E-state index in [1.165, 1.54) is 31.6 Å². The van der Waals surface area contributed by atoms with E-state index in [2.05, 4.69) is 41.2 Å². The third kappa shape index (κ3) is 3.70.